The van der Waals surface area contributed by atoms with Gasteiger partial charge in [-0.1, -0.05) is 0 Å². The van der Waals surface area contributed by atoms with Crippen molar-refractivity contribution in [3.8, 4) is 0 Å². The molecule has 5 unspecified atom stereocenters. The highest BCUT2D eigenvalue weighted by atomic mass is 79.9. The Balaban J connectivity index is 1.56. The summed E-state index contributed by atoms with van der Waals surface area (Å²) in [6, 6.07) is 4.35. The van der Waals surface area contributed by atoms with E-state index in [1.54, 1.807) is 0 Å². The van der Waals surface area contributed by atoms with E-state index in [1.165, 1.54) is 12.8 Å². The number of rotatable bonds is 2. The number of likely N-dealkylation sites (tertiary alicyclic amines) is 1. The minimum atomic E-state index is -0.0999. The Hall–Kier alpha value is -0.320. The van der Waals surface area contributed by atoms with Crippen molar-refractivity contribution in [3.63, 3.8) is 0 Å². The lowest BCUT2D eigenvalue weighted by molar-refractivity contribution is 0.0461. The second-order valence-electron chi connectivity index (χ2n) is 5.77. The minimum Gasteiger partial charge on any atom is -0.453 e. The summed E-state index contributed by atoms with van der Waals surface area (Å²) in [5, 5.41) is 10.3. The zero-order valence-corrected chi connectivity index (χ0v) is 11.1. The fraction of sp³-hybridized carbons (Fsp3) is 0.692. The Morgan fingerprint density at radius 3 is 2.94 bits per heavy atom. The first-order valence-corrected chi connectivity index (χ1v) is 7.18. The van der Waals surface area contributed by atoms with Gasteiger partial charge in [0, 0.05) is 12.6 Å². The smallest absolute Gasteiger partial charge is 0.169 e. The number of furan rings is 1. The van der Waals surface area contributed by atoms with E-state index in [9.17, 15) is 5.11 Å². The highest BCUT2D eigenvalue weighted by Gasteiger charge is 2.58. The average molecular weight is 298 g/mol. The fourth-order valence-electron chi connectivity index (χ4n) is 4.36. The zero-order valence-electron chi connectivity index (χ0n) is 9.55. The van der Waals surface area contributed by atoms with Crippen molar-refractivity contribution in [1.82, 2.24) is 4.90 Å². The molecule has 0 spiro atoms. The molecule has 1 N–H and O–H groups in total. The molecule has 1 aromatic heterocycles. The fourth-order valence-corrected chi connectivity index (χ4v) is 4.70. The third kappa shape index (κ3) is 1.47. The van der Waals surface area contributed by atoms with Crippen molar-refractivity contribution in [3.05, 3.63) is 22.6 Å². The summed E-state index contributed by atoms with van der Waals surface area (Å²) in [6.07, 6.45) is 2.38. The van der Waals surface area contributed by atoms with E-state index in [0.717, 1.165) is 35.4 Å². The largest absolute Gasteiger partial charge is 0.453 e. The van der Waals surface area contributed by atoms with Crippen LogP contribution in [0, 0.1) is 17.8 Å². The van der Waals surface area contributed by atoms with Crippen molar-refractivity contribution in [2.24, 2.45) is 17.8 Å². The summed E-state index contributed by atoms with van der Waals surface area (Å²) in [5.41, 5.74) is 0. The van der Waals surface area contributed by atoms with Gasteiger partial charge in [-0.25, -0.2) is 0 Å². The normalized spacial score (nSPS) is 43.8. The number of halogens is 1. The summed E-state index contributed by atoms with van der Waals surface area (Å²) < 4.78 is 6.36. The Bertz CT molecular complexity index is 444. The molecule has 92 valence electrons. The molecule has 1 aliphatic heterocycles. The maximum atomic E-state index is 10.3. The lowest BCUT2D eigenvalue weighted by Gasteiger charge is -2.28. The maximum Gasteiger partial charge on any atom is 0.169 e. The van der Waals surface area contributed by atoms with Gasteiger partial charge in [0.25, 0.3) is 0 Å². The predicted octanol–water partition coefficient (Wildman–Crippen LogP) is 2.24. The van der Waals surface area contributed by atoms with Crippen LogP contribution in [0.3, 0.4) is 0 Å². The van der Waals surface area contributed by atoms with E-state index in [4.69, 9.17) is 4.42 Å². The lowest BCUT2D eigenvalue weighted by Crippen LogP contribution is -2.40. The molecule has 2 aliphatic carbocycles. The van der Waals surface area contributed by atoms with Crippen LogP contribution < -0.4 is 0 Å². The number of hydrogen-bond acceptors (Lipinski definition) is 3. The highest BCUT2D eigenvalue weighted by molar-refractivity contribution is 9.10. The van der Waals surface area contributed by atoms with E-state index in [2.05, 4.69) is 20.8 Å². The van der Waals surface area contributed by atoms with Crippen LogP contribution in [0.15, 0.2) is 21.2 Å². The van der Waals surface area contributed by atoms with E-state index in [1.807, 2.05) is 12.1 Å². The van der Waals surface area contributed by atoms with Gasteiger partial charge in [0.2, 0.25) is 0 Å². The Kier molecular flexibility index (Phi) is 2.24. The van der Waals surface area contributed by atoms with Gasteiger partial charge in [-0.2, -0.15) is 0 Å². The van der Waals surface area contributed by atoms with Crippen molar-refractivity contribution in [2.75, 3.05) is 6.54 Å². The van der Waals surface area contributed by atoms with E-state index in [0.29, 0.717) is 12.0 Å². The molecule has 1 aromatic rings. The molecular formula is C13H16BrNO2. The molecule has 0 aromatic carbocycles. The SMILES string of the molecule is OC1C2CC3CN(Cc4ccc(Br)o4)C1C3C2. The van der Waals surface area contributed by atoms with E-state index >= 15 is 0 Å². The van der Waals surface area contributed by atoms with Crippen LogP contribution in [0.1, 0.15) is 18.6 Å². The molecule has 3 aliphatic rings. The highest BCUT2D eigenvalue weighted by Crippen LogP contribution is 2.55. The molecule has 0 amide bonds. The third-order valence-electron chi connectivity index (χ3n) is 4.94. The van der Waals surface area contributed by atoms with Gasteiger partial charge >= 0.3 is 0 Å². The predicted molar refractivity (Wildman–Crippen MR) is 66.3 cm³/mol. The lowest BCUT2D eigenvalue weighted by atomic mass is 9.88. The summed E-state index contributed by atoms with van der Waals surface area (Å²) in [4.78, 5) is 2.43. The van der Waals surface area contributed by atoms with Gasteiger partial charge in [-0.3, -0.25) is 4.90 Å². The van der Waals surface area contributed by atoms with Crippen molar-refractivity contribution >= 4 is 15.9 Å². The van der Waals surface area contributed by atoms with Crippen LogP contribution in [0.5, 0.6) is 0 Å². The third-order valence-corrected chi connectivity index (χ3v) is 5.36. The molecule has 3 fully saturated rings. The molecule has 2 bridgehead atoms. The van der Waals surface area contributed by atoms with Gasteiger partial charge in [0.05, 0.1) is 12.6 Å². The molecule has 0 radical (unpaired) electrons. The van der Waals surface area contributed by atoms with Gasteiger partial charge in [-0.15, -0.1) is 0 Å². The van der Waals surface area contributed by atoms with Crippen LogP contribution in [0.25, 0.3) is 0 Å². The Labute approximate surface area is 109 Å². The van der Waals surface area contributed by atoms with Gasteiger partial charge in [0.15, 0.2) is 4.67 Å². The number of hydrogen-bond donors (Lipinski definition) is 1. The Morgan fingerprint density at radius 2 is 2.24 bits per heavy atom. The number of nitrogens with zero attached hydrogens (tertiary/aromatic N) is 1. The maximum absolute atomic E-state index is 10.3. The summed E-state index contributed by atoms with van der Waals surface area (Å²) in [6.45, 7) is 1.98. The molecular weight excluding hydrogens is 282 g/mol. The molecule has 4 heteroatoms. The van der Waals surface area contributed by atoms with Crippen LogP contribution in [0.4, 0.5) is 0 Å². The summed E-state index contributed by atoms with van der Waals surface area (Å²) in [5.74, 6) is 3.14. The first-order chi connectivity index (χ1) is 8.22. The quantitative estimate of drug-likeness (QED) is 0.910. The average Bonchev–Trinajstić information content (AvgIpc) is 2.95. The van der Waals surface area contributed by atoms with Crippen molar-refractivity contribution in [1.29, 1.82) is 0 Å². The molecule has 2 heterocycles. The van der Waals surface area contributed by atoms with Crippen LogP contribution in [-0.4, -0.2) is 28.7 Å². The van der Waals surface area contributed by atoms with Gasteiger partial charge < -0.3 is 9.52 Å². The van der Waals surface area contributed by atoms with Crippen LogP contribution in [0.2, 0.25) is 0 Å². The zero-order chi connectivity index (χ0) is 11.6. The molecule has 1 saturated heterocycles. The minimum absolute atomic E-state index is 0.0999. The number of aliphatic hydroxyl groups is 1. The molecule has 4 rings (SSSR count). The van der Waals surface area contributed by atoms with E-state index < -0.39 is 0 Å². The first kappa shape index (κ1) is 10.6. The second kappa shape index (κ2) is 3.59. The molecule has 17 heavy (non-hydrogen) atoms. The Morgan fingerprint density at radius 1 is 1.35 bits per heavy atom. The number of aliphatic hydroxyl groups excluding tert-OH is 1. The summed E-state index contributed by atoms with van der Waals surface area (Å²) in [7, 11) is 0. The van der Waals surface area contributed by atoms with Crippen LogP contribution in [-0.2, 0) is 6.54 Å². The van der Waals surface area contributed by atoms with Crippen LogP contribution >= 0.6 is 15.9 Å². The second-order valence-corrected chi connectivity index (χ2v) is 6.55. The van der Waals surface area contributed by atoms with Gasteiger partial charge in [0.1, 0.15) is 5.76 Å². The topological polar surface area (TPSA) is 36.6 Å². The van der Waals surface area contributed by atoms with E-state index in [-0.39, 0.29) is 6.10 Å². The molecule has 2 saturated carbocycles. The standard InChI is InChI=1S/C13H16BrNO2/c14-11-2-1-9(17-11)6-15-5-8-3-7-4-10(8)12(15)13(7)16/h1-2,7-8,10,12-13,16H,3-6H2. The molecule has 5 atom stereocenters. The van der Waals surface area contributed by atoms with Crippen molar-refractivity contribution < 1.29 is 9.52 Å². The van der Waals surface area contributed by atoms with Gasteiger partial charge in [-0.05, 0) is 58.7 Å². The van der Waals surface area contributed by atoms with Crippen molar-refractivity contribution in [2.45, 2.75) is 31.5 Å². The summed E-state index contributed by atoms with van der Waals surface area (Å²) >= 11 is 3.34. The number of fused-ring (bicyclic) bond motifs is 1. The first-order valence-electron chi connectivity index (χ1n) is 6.38. The molecule has 3 nitrogen and oxygen atoms in total. The monoisotopic (exact) mass is 297 g/mol.